The van der Waals surface area contributed by atoms with Crippen LogP contribution in [0.5, 0.6) is 0 Å². The van der Waals surface area contributed by atoms with Crippen molar-refractivity contribution in [3.63, 3.8) is 0 Å². The van der Waals surface area contributed by atoms with Gasteiger partial charge in [0.15, 0.2) is 15.8 Å². The maximum atomic E-state index is 11.5. The largest absolute Gasteiger partial charge is 0.357 e. The Balaban J connectivity index is 0.00000312. The summed E-state index contributed by atoms with van der Waals surface area (Å²) in [6.07, 6.45) is 2.17. The van der Waals surface area contributed by atoms with E-state index in [0.29, 0.717) is 11.4 Å². The Hall–Kier alpha value is -1.13. The highest BCUT2D eigenvalue weighted by Crippen LogP contribution is 2.11. The van der Waals surface area contributed by atoms with Crippen molar-refractivity contribution in [2.24, 2.45) is 4.99 Å². The standard InChI is InChI=1S/C17H23N3O2S2.HI/c1-3-18-17(19-11-10-15-5-4-12-23-15)20-13-14-6-8-16(9-7-14)24(2,21)22;/h4-9,12H,3,10-11,13H2,1-2H3,(H2,18,19,20);1H. The van der Waals surface area contributed by atoms with E-state index in [9.17, 15) is 8.42 Å². The Labute approximate surface area is 170 Å². The number of benzene rings is 1. The summed E-state index contributed by atoms with van der Waals surface area (Å²) >= 11 is 1.75. The number of nitrogens with zero attached hydrogens (tertiary/aromatic N) is 1. The molecule has 0 aliphatic carbocycles. The monoisotopic (exact) mass is 493 g/mol. The molecule has 0 amide bonds. The van der Waals surface area contributed by atoms with Crippen molar-refractivity contribution in [2.75, 3.05) is 19.3 Å². The summed E-state index contributed by atoms with van der Waals surface area (Å²) in [6.45, 7) is 4.13. The van der Waals surface area contributed by atoms with Crippen LogP contribution in [0.1, 0.15) is 17.4 Å². The van der Waals surface area contributed by atoms with Gasteiger partial charge in [0.1, 0.15) is 0 Å². The number of aliphatic imine (C=N–C) groups is 1. The van der Waals surface area contributed by atoms with Crippen molar-refractivity contribution in [2.45, 2.75) is 24.8 Å². The first-order valence-corrected chi connectivity index (χ1v) is 10.6. The smallest absolute Gasteiger partial charge is 0.191 e. The molecule has 0 atom stereocenters. The zero-order chi connectivity index (χ0) is 17.4. The molecule has 1 aromatic carbocycles. The van der Waals surface area contributed by atoms with Crippen LogP contribution in [-0.4, -0.2) is 33.7 Å². The van der Waals surface area contributed by atoms with Crippen LogP contribution in [-0.2, 0) is 22.8 Å². The predicted molar refractivity (Wildman–Crippen MR) is 116 cm³/mol. The Kier molecular flexibility index (Phi) is 9.44. The summed E-state index contributed by atoms with van der Waals surface area (Å²) in [4.78, 5) is 6.21. The summed E-state index contributed by atoms with van der Waals surface area (Å²) < 4.78 is 22.9. The Morgan fingerprint density at radius 2 is 1.88 bits per heavy atom. The molecular weight excluding hydrogens is 469 g/mol. The van der Waals surface area contributed by atoms with Gasteiger partial charge >= 0.3 is 0 Å². The summed E-state index contributed by atoms with van der Waals surface area (Å²) in [5.74, 6) is 0.765. The van der Waals surface area contributed by atoms with Crippen LogP contribution in [0.25, 0.3) is 0 Å². The number of nitrogens with one attached hydrogen (secondary N) is 2. The zero-order valence-corrected chi connectivity index (χ0v) is 18.3. The molecule has 2 N–H and O–H groups in total. The summed E-state index contributed by atoms with van der Waals surface area (Å²) in [5.41, 5.74) is 0.970. The molecule has 0 aliphatic rings. The van der Waals surface area contributed by atoms with Gasteiger partial charge in [0.25, 0.3) is 0 Å². The van der Waals surface area contributed by atoms with Crippen molar-refractivity contribution in [3.05, 3.63) is 52.2 Å². The molecule has 2 aromatic rings. The lowest BCUT2D eigenvalue weighted by atomic mass is 10.2. The minimum atomic E-state index is -3.15. The van der Waals surface area contributed by atoms with E-state index in [1.807, 2.05) is 6.92 Å². The lowest BCUT2D eigenvalue weighted by Crippen LogP contribution is -2.38. The third kappa shape index (κ3) is 7.74. The first-order chi connectivity index (χ1) is 11.5. The van der Waals surface area contributed by atoms with E-state index < -0.39 is 9.84 Å². The highest BCUT2D eigenvalue weighted by molar-refractivity contribution is 14.0. The van der Waals surface area contributed by atoms with Crippen LogP contribution in [0.15, 0.2) is 51.7 Å². The summed E-state index contributed by atoms with van der Waals surface area (Å²) in [5, 5.41) is 8.61. The molecule has 1 heterocycles. The lowest BCUT2D eigenvalue weighted by molar-refractivity contribution is 0.602. The third-order valence-electron chi connectivity index (χ3n) is 3.36. The number of halogens is 1. The maximum Gasteiger partial charge on any atom is 0.191 e. The molecule has 0 bridgehead atoms. The van der Waals surface area contributed by atoms with Crippen molar-refractivity contribution < 1.29 is 8.42 Å². The van der Waals surface area contributed by atoms with Crippen molar-refractivity contribution >= 4 is 51.1 Å². The van der Waals surface area contributed by atoms with Crippen LogP contribution in [0.3, 0.4) is 0 Å². The molecular formula is C17H24IN3O2S2. The third-order valence-corrected chi connectivity index (χ3v) is 5.42. The van der Waals surface area contributed by atoms with Gasteiger partial charge in [-0.25, -0.2) is 13.4 Å². The van der Waals surface area contributed by atoms with Crippen LogP contribution in [0.4, 0.5) is 0 Å². The topological polar surface area (TPSA) is 70.6 Å². The molecule has 8 heteroatoms. The Bertz CT molecular complexity index is 758. The second-order valence-electron chi connectivity index (χ2n) is 5.37. The van der Waals surface area contributed by atoms with Gasteiger partial charge in [0.2, 0.25) is 0 Å². The molecule has 0 unspecified atom stereocenters. The van der Waals surface area contributed by atoms with Gasteiger partial charge in [-0.15, -0.1) is 35.3 Å². The quantitative estimate of drug-likeness (QED) is 0.354. The molecule has 0 fully saturated rings. The molecule has 2 rings (SSSR count). The molecule has 0 radical (unpaired) electrons. The molecule has 25 heavy (non-hydrogen) atoms. The van der Waals surface area contributed by atoms with E-state index in [2.05, 4.69) is 33.1 Å². The van der Waals surface area contributed by atoms with E-state index >= 15 is 0 Å². The van der Waals surface area contributed by atoms with Crippen LogP contribution < -0.4 is 10.6 Å². The average Bonchev–Trinajstić information content (AvgIpc) is 3.05. The molecule has 0 saturated carbocycles. The van der Waals surface area contributed by atoms with Crippen LogP contribution in [0.2, 0.25) is 0 Å². The minimum Gasteiger partial charge on any atom is -0.357 e. The van der Waals surface area contributed by atoms with E-state index in [4.69, 9.17) is 0 Å². The molecule has 0 aliphatic heterocycles. The van der Waals surface area contributed by atoms with Crippen molar-refractivity contribution in [1.82, 2.24) is 10.6 Å². The summed E-state index contributed by atoms with van der Waals surface area (Å²) in [6, 6.07) is 11.0. The number of hydrogen-bond acceptors (Lipinski definition) is 4. The van der Waals surface area contributed by atoms with Crippen molar-refractivity contribution in [1.29, 1.82) is 0 Å². The SMILES string of the molecule is CCNC(=NCc1ccc(S(C)(=O)=O)cc1)NCCc1cccs1.I. The number of thiophene rings is 1. The molecule has 0 saturated heterocycles. The first kappa shape index (κ1) is 21.9. The normalized spacial score (nSPS) is 11.7. The van der Waals surface area contributed by atoms with Crippen molar-refractivity contribution in [3.8, 4) is 0 Å². The van der Waals surface area contributed by atoms with E-state index in [0.717, 1.165) is 31.0 Å². The second-order valence-corrected chi connectivity index (χ2v) is 8.42. The zero-order valence-electron chi connectivity index (χ0n) is 14.4. The van der Waals surface area contributed by atoms with Gasteiger partial charge in [-0.2, -0.15) is 0 Å². The van der Waals surface area contributed by atoms with Gasteiger partial charge in [0, 0.05) is 24.2 Å². The van der Waals surface area contributed by atoms with Gasteiger partial charge < -0.3 is 10.6 Å². The van der Waals surface area contributed by atoms with Crippen LogP contribution >= 0.6 is 35.3 Å². The number of hydrogen-bond donors (Lipinski definition) is 2. The highest BCUT2D eigenvalue weighted by Gasteiger charge is 2.06. The molecule has 138 valence electrons. The first-order valence-electron chi connectivity index (χ1n) is 7.82. The molecule has 5 nitrogen and oxygen atoms in total. The number of guanidine groups is 1. The minimum absolute atomic E-state index is 0. The van der Waals surface area contributed by atoms with E-state index in [1.54, 1.807) is 35.6 Å². The molecule has 1 aromatic heterocycles. The fraction of sp³-hybridized carbons (Fsp3) is 0.353. The van der Waals surface area contributed by atoms with Gasteiger partial charge in [-0.3, -0.25) is 0 Å². The van der Waals surface area contributed by atoms with Gasteiger partial charge in [-0.05, 0) is 42.5 Å². The second kappa shape index (κ2) is 10.8. The highest BCUT2D eigenvalue weighted by atomic mass is 127. The fourth-order valence-electron chi connectivity index (χ4n) is 2.11. The Morgan fingerprint density at radius 1 is 1.16 bits per heavy atom. The molecule has 0 spiro atoms. The average molecular weight is 493 g/mol. The Morgan fingerprint density at radius 3 is 2.44 bits per heavy atom. The fourth-order valence-corrected chi connectivity index (χ4v) is 3.45. The predicted octanol–water partition coefficient (Wildman–Crippen LogP) is 3.07. The van der Waals surface area contributed by atoms with E-state index in [1.165, 1.54) is 11.1 Å². The maximum absolute atomic E-state index is 11.5. The van der Waals surface area contributed by atoms with E-state index in [-0.39, 0.29) is 24.0 Å². The lowest BCUT2D eigenvalue weighted by Gasteiger charge is -2.11. The number of sulfone groups is 1. The summed E-state index contributed by atoms with van der Waals surface area (Å²) in [7, 11) is -3.15. The van der Waals surface area contributed by atoms with Gasteiger partial charge in [-0.1, -0.05) is 18.2 Å². The van der Waals surface area contributed by atoms with Gasteiger partial charge in [0.05, 0.1) is 11.4 Å². The number of rotatable bonds is 7. The van der Waals surface area contributed by atoms with Crippen LogP contribution in [0, 0.1) is 0 Å².